The van der Waals surface area contributed by atoms with E-state index in [1.807, 2.05) is 24.6 Å². The van der Waals surface area contributed by atoms with Crippen LogP contribution < -0.4 is 10.6 Å². The van der Waals surface area contributed by atoms with Crippen LogP contribution in [0.1, 0.15) is 30.1 Å². The molecule has 8 nitrogen and oxygen atoms in total. The van der Waals surface area contributed by atoms with Crippen molar-refractivity contribution in [2.45, 2.75) is 38.8 Å². The summed E-state index contributed by atoms with van der Waals surface area (Å²) in [4.78, 5) is 8.76. The van der Waals surface area contributed by atoms with Crippen LogP contribution in [-0.2, 0) is 24.8 Å². The molecule has 0 bridgehead atoms. The van der Waals surface area contributed by atoms with Crippen molar-refractivity contribution in [3.8, 4) is 0 Å². The number of nitrogens with one attached hydrogen (secondary N) is 2. The summed E-state index contributed by atoms with van der Waals surface area (Å²) >= 11 is 5.83. The van der Waals surface area contributed by atoms with Gasteiger partial charge in [-0.15, -0.1) is 10.2 Å². The fourth-order valence-electron chi connectivity index (χ4n) is 2.81. The van der Waals surface area contributed by atoms with E-state index in [-0.39, 0.29) is 6.10 Å². The van der Waals surface area contributed by atoms with Gasteiger partial charge in [0, 0.05) is 32.9 Å². The maximum atomic E-state index is 5.83. The molecule has 0 spiro atoms. The van der Waals surface area contributed by atoms with Crippen molar-refractivity contribution in [1.82, 2.24) is 30.4 Å². The van der Waals surface area contributed by atoms with Gasteiger partial charge in [0.25, 0.3) is 0 Å². The number of aromatic nitrogens is 4. The number of rotatable bonds is 7. The largest absolute Gasteiger partial charge is 0.376 e. The summed E-state index contributed by atoms with van der Waals surface area (Å²) in [5.41, 5.74) is 1.12. The zero-order valence-electron chi connectivity index (χ0n) is 15.8. The summed E-state index contributed by atoms with van der Waals surface area (Å²) in [6.45, 7) is 4.70. The van der Waals surface area contributed by atoms with E-state index < -0.39 is 0 Å². The maximum Gasteiger partial charge on any atom is 0.191 e. The van der Waals surface area contributed by atoms with Crippen LogP contribution in [0, 0.1) is 6.92 Å². The SMILES string of the molecule is Cc1nnc(CN=C(NCCc2ccc(Cl)nc2)NCC2CCCO2)n1C. The Hall–Kier alpha value is -2.19. The van der Waals surface area contributed by atoms with E-state index in [0.29, 0.717) is 11.7 Å². The van der Waals surface area contributed by atoms with Crippen LogP contribution in [0.5, 0.6) is 0 Å². The molecular weight excluding hydrogens is 366 g/mol. The summed E-state index contributed by atoms with van der Waals surface area (Å²) in [7, 11) is 1.95. The third-order valence-electron chi connectivity index (χ3n) is 4.58. The molecule has 1 aliphatic heterocycles. The Kier molecular flexibility index (Phi) is 7.00. The average molecular weight is 392 g/mol. The van der Waals surface area contributed by atoms with Crippen LogP contribution in [0.15, 0.2) is 23.3 Å². The van der Waals surface area contributed by atoms with Crippen molar-refractivity contribution in [3.63, 3.8) is 0 Å². The van der Waals surface area contributed by atoms with Gasteiger partial charge in [-0.05, 0) is 37.8 Å². The molecule has 1 saturated heterocycles. The molecule has 3 rings (SSSR count). The highest BCUT2D eigenvalue weighted by Crippen LogP contribution is 2.10. The van der Waals surface area contributed by atoms with E-state index in [1.165, 1.54) is 0 Å². The molecule has 0 aromatic carbocycles. The van der Waals surface area contributed by atoms with Gasteiger partial charge < -0.3 is 19.9 Å². The quantitative estimate of drug-likeness (QED) is 0.423. The zero-order valence-corrected chi connectivity index (χ0v) is 16.5. The molecule has 0 amide bonds. The highest BCUT2D eigenvalue weighted by atomic mass is 35.5. The van der Waals surface area contributed by atoms with Crippen LogP contribution in [0.3, 0.4) is 0 Å². The number of halogens is 1. The second kappa shape index (κ2) is 9.66. The minimum Gasteiger partial charge on any atom is -0.376 e. The van der Waals surface area contributed by atoms with Gasteiger partial charge in [-0.1, -0.05) is 17.7 Å². The number of nitrogens with zero attached hydrogens (tertiary/aromatic N) is 5. The third kappa shape index (κ3) is 5.90. The zero-order chi connectivity index (χ0) is 19.1. The van der Waals surface area contributed by atoms with Crippen molar-refractivity contribution in [2.75, 3.05) is 19.7 Å². The Morgan fingerprint density at radius 2 is 2.26 bits per heavy atom. The second-order valence-electron chi connectivity index (χ2n) is 6.57. The fraction of sp³-hybridized carbons (Fsp3) is 0.556. The number of pyridine rings is 1. The standard InChI is InChI=1S/C18H26ClN7O/c1-13-24-25-17(26(13)2)12-23-18(22-11-15-4-3-9-27-15)20-8-7-14-5-6-16(19)21-10-14/h5-6,10,15H,3-4,7-9,11-12H2,1-2H3,(H2,20,22,23). The topological polar surface area (TPSA) is 89.2 Å². The normalized spacial score (nSPS) is 17.3. The molecule has 9 heteroatoms. The Labute approximate surface area is 164 Å². The van der Waals surface area contributed by atoms with Crippen LogP contribution in [0.2, 0.25) is 5.15 Å². The van der Waals surface area contributed by atoms with Crippen molar-refractivity contribution < 1.29 is 4.74 Å². The second-order valence-corrected chi connectivity index (χ2v) is 6.96. The highest BCUT2D eigenvalue weighted by Gasteiger charge is 2.15. The summed E-state index contributed by atoms with van der Waals surface area (Å²) in [6.07, 6.45) is 5.07. The Morgan fingerprint density at radius 3 is 2.93 bits per heavy atom. The summed E-state index contributed by atoms with van der Waals surface area (Å²) in [5.74, 6) is 2.44. The maximum absolute atomic E-state index is 5.83. The van der Waals surface area contributed by atoms with Crippen LogP contribution in [-0.4, -0.2) is 51.5 Å². The number of aliphatic imine (C=N–C) groups is 1. The van der Waals surface area contributed by atoms with Gasteiger partial charge in [0.05, 0.1) is 6.10 Å². The van der Waals surface area contributed by atoms with Gasteiger partial charge in [-0.2, -0.15) is 0 Å². The van der Waals surface area contributed by atoms with Crippen molar-refractivity contribution >= 4 is 17.6 Å². The Morgan fingerprint density at radius 1 is 1.37 bits per heavy atom. The first-order chi connectivity index (χ1) is 13.1. The number of ether oxygens (including phenoxy) is 1. The van der Waals surface area contributed by atoms with Crippen molar-refractivity contribution in [1.29, 1.82) is 0 Å². The minimum absolute atomic E-state index is 0.245. The fourth-order valence-corrected chi connectivity index (χ4v) is 2.92. The molecule has 2 aromatic heterocycles. The Bertz CT molecular complexity index is 754. The molecule has 0 saturated carbocycles. The number of guanidine groups is 1. The molecular formula is C18H26ClN7O. The lowest BCUT2D eigenvalue weighted by atomic mass is 10.2. The molecule has 1 aliphatic rings. The molecule has 3 heterocycles. The first-order valence-electron chi connectivity index (χ1n) is 9.21. The lowest BCUT2D eigenvalue weighted by molar-refractivity contribution is 0.114. The van der Waals surface area contributed by atoms with E-state index in [0.717, 1.165) is 62.1 Å². The van der Waals surface area contributed by atoms with Crippen LogP contribution >= 0.6 is 11.6 Å². The first kappa shape index (κ1) is 19.6. The minimum atomic E-state index is 0.245. The lowest BCUT2D eigenvalue weighted by Crippen LogP contribution is -2.42. The van der Waals surface area contributed by atoms with E-state index in [2.05, 4.69) is 30.8 Å². The van der Waals surface area contributed by atoms with E-state index >= 15 is 0 Å². The molecule has 1 fully saturated rings. The molecule has 0 radical (unpaired) electrons. The summed E-state index contributed by atoms with van der Waals surface area (Å²) in [5, 5.41) is 15.5. The highest BCUT2D eigenvalue weighted by molar-refractivity contribution is 6.29. The smallest absolute Gasteiger partial charge is 0.191 e. The molecule has 2 N–H and O–H groups in total. The molecule has 2 aromatic rings. The molecule has 1 unspecified atom stereocenters. The predicted molar refractivity (Wildman–Crippen MR) is 105 cm³/mol. The van der Waals surface area contributed by atoms with Gasteiger partial charge in [-0.25, -0.2) is 9.98 Å². The summed E-state index contributed by atoms with van der Waals surface area (Å²) in [6, 6.07) is 3.79. The lowest BCUT2D eigenvalue weighted by Gasteiger charge is -2.15. The van der Waals surface area contributed by atoms with E-state index in [1.54, 1.807) is 12.3 Å². The van der Waals surface area contributed by atoms with Gasteiger partial charge in [0.2, 0.25) is 0 Å². The van der Waals surface area contributed by atoms with E-state index in [4.69, 9.17) is 16.3 Å². The van der Waals surface area contributed by atoms with Crippen molar-refractivity contribution in [2.24, 2.45) is 12.0 Å². The number of hydrogen-bond acceptors (Lipinski definition) is 5. The van der Waals surface area contributed by atoms with E-state index in [9.17, 15) is 0 Å². The average Bonchev–Trinajstić information content (AvgIpc) is 3.30. The van der Waals surface area contributed by atoms with Gasteiger partial charge in [0.1, 0.15) is 17.5 Å². The van der Waals surface area contributed by atoms with Gasteiger partial charge in [0.15, 0.2) is 11.8 Å². The van der Waals surface area contributed by atoms with Crippen LogP contribution in [0.4, 0.5) is 0 Å². The van der Waals surface area contributed by atoms with Crippen molar-refractivity contribution in [3.05, 3.63) is 40.7 Å². The number of aryl methyl sites for hydroxylation is 1. The Balaban J connectivity index is 1.56. The van der Waals surface area contributed by atoms with Gasteiger partial charge in [-0.3, -0.25) is 0 Å². The first-order valence-corrected chi connectivity index (χ1v) is 9.58. The van der Waals surface area contributed by atoms with Gasteiger partial charge >= 0.3 is 0 Å². The predicted octanol–water partition coefficient (Wildman–Crippen LogP) is 1.63. The summed E-state index contributed by atoms with van der Waals surface area (Å²) < 4.78 is 7.63. The number of hydrogen-bond donors (Lipinski definition) is 2. The molecule has 27 heavy (non-hydrogen) atoms. The molecule has 0 aliphatic carbocycles. The van der Waals surface area contributed by atoms with Crippen LogP contribution in [0.25, 0.3) is 0 Å². The molecule has 1 atom stereocenters. The third-order valence-corrected chi connectivity index (χ3v) is 4.80. The molecule has 146 valence electrons. The monoisotopic (exact) mass is 391 g/mol.